The van der Waals surface area contributed by atoms with Crippen LogP contribution in [-0.2, 0) is 11.3 Å². The fourth-order valence-electron chi connectivity index (χ4n) is 3.61. The maximum atomic E-state index is 5.73. The number of halogens is 1. The molecule has 2 N–H and O–H groups in total. The Bertz CT molecular complexity index is 629. The van der Waals surface area contributed by atoms with Crippen molar-refractivity contribution in [3.8, 4) is 0 Å². The Labute approximate surface area is 199 Å². The van der Waals surface area contributed by atoms with Gasteiger partial charge in [-0.1, -0.05) is 20.8 Å². The number of aromatic nitrogens is 1. The fraction of sp³-hybridized carbons (Fsp3) is 0.818. The highest BCUT2D eigenvalue weighted by Gasteiger charge is 2.24. The van der Waals surface area contributed by atoms with Crippen molar-refractivity contribution < 1.29 is 9.15 Å². The van der Waals surface area contributed by atoms with E-state index in [9.17, 15) is 0 Å². The lowest BCUT2D eigenvalue weighted by Crippen LogP contribution is -2.43. The molecule has 0 spiro atoms. The number of hydrogen-bond acceptors (Lipinski definition) is 5. The minimum absolute atomic E-state index is 0. The van der Waals surface area contributed by atoms with Crippen LogP contribution in [0, 0.1) is 25.2 Å². The molecule has 1 atom stereocenters. The molecule has 2 heterocycles. The van der Waals surface area contributed by atoms with Crippen molar-refractivity contribution in [2.45, 2.75) is 67.0 Å². The first-order valence-corrected chi connectivity index (χ1v) is 10.9. The van der Waals surface area contributed by atoms with Crippen LogP contribution in [0.1, 0.15) is 57.9 Å². The standard InChI is InChI=1S/C22H41N5O2.HI/c1-8-23-21(25-14-19(28-7)22(4,5)6)24-13-18-9-11-27(12-10-18)15-20-26-16(2)17(3)29-20;/h18-19H,8-15H2,1-7H3,(H2,23,24,25);1H. The van der Waals surface area contributed by atoms with Crippen molar-refractivity contribution >= 4 is 29.9 Å². The minimum atomic E-state index is 0. The summed E-state index contributed by atoms with van der Waals surface area (Å²) in [5.41, 5.74) is 1.07. The molecule has 0 radical (unpaired) electrons. The number of hydrogen-bond donors (Lipinski definition) is 2. The van der Waals surface area contributed by atoms with Crippen molar-refractivity contribution in [2.24, 2.45) is 16.3 Å². The van der Waals surface area contributed by atoms with Gasteiger partial charge in [-0.05, 0) is 58.0 Å². The maximum Gasteiger partial charge on any atom is 0.208 e. The zero-order valence-corrected chi connectivity index (χ0v) is 22.2. The third-order valence-electron chi connectivity index (χ3n) is 5.71. The van der Waals surface area contributed by atoms with E-state index in [1.54, 1.807) is 7.11 Å². The number of ether oxygens (including phenoxy) is 1. The molecule has 1 aliphatic heterocycles. The number of methoxy groups -OCH3 is 1. The van der Waals surface area contributed by atoms with E-state index < -0.39 is 0 Å². The van der Waals surface area contributed by atoms with Gasteiger partial charge in [-0.3, -0.25) is 9.89 Å². The first-order chi connectivity index (χ1) is 13.7. The van der Waals surface area contributed by atoms with Gasteiger partial charge in [-0.15, -0.1) is 24.0 Å². The number of guanidine groups is 1. The predicted octanol–water partition coefficient (Wildman–Crippen LogP) is 3.74. The summed E-state index contributed by atoms with van der Waals surface area (Å²) < 4.78 is 11.4. The molecule has 174 valence electrons. The number of aliphatic imine (C=N–C) groups is 1. The van der Waals surface area contributed by atoms with Gasteiger partial charge in [-0.2, -0.15) is 0 Å². The van der Waals surface area contributed by atoms with Gasteiger partial charge in [0.15, 0.2) is 5.96 Å². The topological polar surface area (TPSA) is 74.9 Å². The van der Waals surface area contributed by atoms with Gasteiger partial charge in [0.2, 0.25) is 5.89 Å². The molecule has 0 saturated carbocycles. The van der Waals surface area contributed by atoms with Crippen LogP contribution >= 0.6 is 24.0 Å². The Kier molecular flexibility index (Phi) is 11.6. The average Bonchev–Trinajstić information content (AvgIpc) is 2.97. The summed E-state index contributed by atoms with van der Waals surface area (Å²) in [6.07, 6.45) is 2.45. The quantitative estimate of drug-likeness (QED) is 0.300. The Morgan fingerprint density at radius 3 is 2.43 bits per heavy atom. The van der Waals surface area contributed by atoms with E-state index in [0.29, 0.717) is 12.5 Å². The average molecular weight is 536 g/mol. The second kappa shape index (κ2) is 12.9. The molecule has 30 heavy (non-hydrogen) atoms. The summed E-state index contributed by atoms with van der Waals surface area (Å²) in [6.45, 7) is 18.1. The van der Waals surface area contributed by atoms with Crippen molar-refractivity contribution in [3.63, 3.8) is 0 Å². The van der Waals surface area contributed by atoms with Crippen molar-refractivity contribution in [2.75, 3.05) is 39.8 Å². The van der Waals surface area contributed by atoms with Crippen LogP contribution in [0.15, 0.2) is 9.41 Å². The lowest BCUT2D eigenvalue weighted by atomic mass is 9.89. The number of nitrogens with zero attached hydrogens (tertiary/aromatic N) is 3. The van der Waals surface area contributed by atoms with Gasteiger partial charge < -0.3 is 19.8 Å². The number of nitrogens with one attached hydrogen (secondary N) is 2. The van der Waals surface area contributed by atoms with Gasteiger partial charge in [0, 0.05) is 20.2 Å². The Hall–Kier alpha value is -0.870. The number of aryl methyl sites for hydroxylation is 2. The fourth-order valence-corrected chi connectivity index (χ4v) is 3.61. The van der Waals surface area contributed by atoms with Crippen LogP contribution in [0.3, 0.4) is 0 Å². The molecule has 1 saturated heterocycles. The highest BCUT2D eigenvalue weighted by Crippen LogP contribution is 2.22. The van der Waals surface area contributed by atoms with Crippen LogP contribution in [0.2, 0.25) is 0 Å². The molecule has 0 amide bonds. The summed E-state index contributed by atoms with van der Waals surface area (Å²) >= 11 is 0. The van der Waals surface area contributed by atoms with E-state index in [1.807, 2.05) is 13.8 Å². The van der Waals surface area contributed by atoms with E-state index in [0.717, 1.165) is 56.0 Å². The van der Waals surface area contributed by atoms with Crippen molar-refractivity contribution in [1.82, 2.24) is 20.5 Å². The smallest absolute Gasteiger partial charge is 0.208 e. The molecule has 1 aliphatic rings. The van der Waals surface area contributed by atoms with Crippen LogP contribution in [0.4, 0.5) is 0 Å². The number of oxazole rings is 1. The van der Waals surface area contributed by atoms with Crippen molar-refractivity contribution in [3.05, 3.63) is 17.3 Å². The molecular formula is C22H42IN5O2. The molecule has 0 aromatic carbocycles. The zero-order valence-electron chi connectivity index (χ0n) is 19.9. The van der Waals surface area contributed by atoms with Crippen molar-refractivity contribution in [1.29, 1.82) is 0 Å². The lowest BCUT2D eigenvalue weighted by Gasteiger charge is -2.31. The third kappa shape index (κ3) is 8.70. The Balaban J connectivity index is 0.00000450. The third-order valence-corrected chi connectivity index (χ3v) is 5.71. The van der Waals surface area contributed by atoms with E-state index in [2.05, 4.69) is 48.2 Å². The molecule has 1 unspecified atom stereocenters. The lowest BCUT2D eigenvalue weighted by molar-refractivity contribution is 0.0241. The molecule has 1 aromatic heterocycles. The summed E-state index contributed by atoms with van der Waals surface area (Å²) in [4.78, 5) is 11.7. The Morgan fingerprint density at radius 1 is 1.27 bits per heavy atom. The van der Waals surface area contributed by atoms with Gasteiger partial charge >= 0.3 is 0 Å². The van der Waals surface area contributed by atoms with Crippen LogP contribution in [0.5, 0.6) is 0 Å². The number of piperidine rings is 1. The summed E-state index contributed by atoms with van der Waals surface area (Å²) in [7, 11) is 1.76. The van der Waals surface area contributed by atoms with Gasteiger partial charge in [0.05, 0.1) is 24.9 Å². The largest absolute Gasteiger partial charge is 0.444 e. The van der Waals surface area contributed by atoms with Gasteiger partial charge in [0.1, 0.15) is 5.76 Å². The van der Waals surface area contributed by atoms with Gasteiger partial charge in [0.25, 0.3) is 0 Å². The van der Waals surface area contributed by atoms with Gasteiger partial charge in [-0.25, -0.2) is 4.98 Å². The maximum absolute atomic E-state index is 5.73. The first-order valence-electron chi connectivity index (χ1n) is 10.9. The minimum Gasteiger partial charge on any atom is -0.444 e. The summed E-state index contributed by atoms with van der Waals surface area (Å²) in [5, 5.41) is 6.88. The number of likely N-dealkylation sites (tertiary alicyclic amines) is 1. The summed E-state index contributed by atoms with van der Waals surface area (Å²) in [6, 6.07) is 0. The second-order valence-corrected chi connectivity index (χ2v) is 9.16. The zero-order chi connectivity index (χ0) is 21.4. The SMILES string of the molecule is CCNC(=NCC(OC)C(C)(C)C)NCC1CCN(Cc2nc(C)c(C)o2)CC1.I. The van der Waals surface area contributed by atoms with E-state index in [-0.39, 0.29) is 35.5 Å². The van der Waals surface area contributed by atoms with Crippen LogP contribution in [0.25, 0.3) is 0 Å². The monoisotopic (exact) mass is 535 g/mol. The molecule has 1 aromatic rings. The van der Waals surface area contributed by atoms with E-state index in [4.69, 9.17) is 14.1 Å². The van der Waals surface area contributed by atoms with E-state index in [1.165, 1.54) is 12.8 Å². The first kappa shape index (κ1) is 27.2. The number of rotatable bonds is 8. The Morgan fingerprint density at radius 2 is 1.93 bits per heavy atom. The molecule has 2 rings (SSSR count). The molecule has 1 fully saturated rings. The second-order valence-electron chi connectivity index (χ2n) is 9.16. The normalized spacial score (nSPS) is 17.5. The molecule has 0 bridgehead atoms. The van der Waals surface area contributed by atoms with Crippen LogP contribution < -0.4 is 10.6 Å². The molecule has 0 aliphatic carbocycles. The predicted molar refractivity (Wildman–Crippen MR) is 134 cm³/mol. The van der Waals surface area contributed by atoms with Crippen LogP contribution in [-0.4, -0.2) is 61.8 Å². The highest BCUT2D eigenvalue weighted by molar-refractivity contribution is 14.0. The molecule has 7 nitrogen and oxygen atoms in total. The summed E-state index contributed by atoms with van der Waals surface area (Å²) in [5.74, 6) is 3.30. The van der Waals surface area contributed by atoms with E-state index >= 15 is 0 Å². The molecular weight excluding hydrogens is 493 g/mol. The highest BCUT2D eigenvalue weighted by atomic mass is 127. The molecule has 8 heteroatoms.